The molecule has 1 saturated heterocycles. The Hall–Kier alpha value is -3.16. The molecule has 0 aromatic heterocycles. The third-order valence-corrected chi connectivity index (χ3v) is 4.72. The van der Waals surface area contributed by atoms with Crippen molar-refractivity contribution in [3.05, 3.63) is 53.5 Å². The van der Waals surface area contributed by atoms with E-state index in [1.807, 2.05) is 17.1 Å². The number of nitrogens with one attached hydrogen (secondary N) is 1. The molecule has 1 aromatic carbocycles. The number of carbonyl (C=O) groups excluding carboxylic acids is 2. The molecule has 0 radical (unpaired) electrons. The van der Waals surface area contributed by atoms with Crippen LogP contribution in [0.15, 0.2) is 42.1 Å². The first kappa shape index (κ1) is 19.6. The van der Waals surface area contributed by atoms with Crippen molar-refractivity contribution in [2.75, 3.05) is 31.1 Å². The van der Waals surface area contributed by atoms with Gasteiger partial charge in [0.05, 0.1) is 5.69 Å². The summed E-state index contributed by atoms with van der Waals surface area (Å²) in [6, 6.07) is 5.02. The van der Waals surface area contributed by atoms with Gasteiger partial charge in [0.1, 0.15) is 18.9 Å². The standard InChI is InChI=1S/C20H23FN4O3/c21-20-14(13-28-19(27)12-18(22)23)2-1-3-17(20)25-10-8-24(9-11-25)15-4-6-16(26)7-5-15/h1-6H,7-13H2,(H3,22,23). The van der Waals surface area contributed by atoms with Gasteiger partial charge in [-0.05, 0) is 18.2 Å². The molecule has 148 valence electrons. The molecule has 3 rings (SSSR count). The third kappa shape index (κ3) is 4.76. The van der Waals surface area contributed by atoms with Gasteiger partial charge in [-0.3, -0.25) is 15.0 Å². The number of anilines is 1. The summed E-state index contributed by atoms with van der Waals surface area (Å²) in [6.45, 7) is 2.54. The average molecular weight is 386 g/mol. The summed E-state index contributed by atoms with van der Waals surface area (Å²) in [5.41, 5.74) is 6.95. The fraction of sp³-hybridized carbons (Fsp3) is 0.350. The van der Waals surface area contributed by atoms with E-state index in [-0.39, 0.29) is 30.2 Å². The minimum atomic E-state index is -0.654. The number of ether oxygens (including phenoxy) is 1. The van der Waals surface area contributed by atoms with Crippen LogP contribution in [0, 0.1) is 11.2 Å². The Kier molecular flexibility index (Phi) is 6.08. The monoisotopic (exact) mass is 386 g/mol. The maximum atomic E-state index is 14.9. The van der Waals surface area contributed by atoms with Crippen LogP contribution in [0.2, 0.25) is 0 Å². The van der Waals surface area contributed by atoms with E-state index in [0.29, 0.717) is 25.2 Å². The lowest BCUT2D eigenvalue weighted by Gasteiger charge is -2.38. The van der Waals surface area contributed by atoms with Crippen LogP contribution in [-0.4, -0.2) is 48.7 Å². The average Bonchev–Trinajstić information content (AvgIpc) is 2.67. The fourth-order valence-corrected chi connectivity index (χ4v) is 3.25. The van der Waals surface area contributed by atoms with Gasteiger partial charge in [-0.2, -0.15) is 0 Å². The smallest absolute Gasteiger partial charge is 0.313 e. The maximum absolute atomic E-state index is 14.9. The number of carbonyl (C=O) groups is 2. The van der Waals surface area contributed by atoms with Gasteiger partial charge in [-0.25, -0.2) is 4.39 Å². The number of amidine groups is 1. The Labute approximate surface area is 162 Å². The number of piperazine rings is 1. The lowest BCUT2D eigenvalue weighted by atomic mass is 10.1. The summed E-state index contributed by atoms with van der Waals surface area (Å²) in [5.74, 6) is -1.25. The first-order valence-electron chi connectivity index (χ1n) is 9.11. The molecule has 0 saturated carbocycles. The Morgan fingerprint density at radius 1 is 1.18 bits per heavy atom. The highest BCUT2D eigenvalue weighted by atomic mass is 19.1. The van der Waals surface area contributed by atoms with Crippen LogP contribution < -0.4 is 10.6 Å². The zero-order chi connectivity index (χ0) is 20.1. The highest BCUT2D eigenvalue weighted by Crippen LogP contribution is 2.25. The van der Waals surface area contributed by atoms with Gasteiger partial charge in [0.25, 0.3) is 0 Å². The fourth-order valence-electron chi connectivity index (χ4n) is 3.25. The second kappa shape index (κ2) is 8.69. The highest BCUT2D eigenvalue weighted by Gasteiger charge is 2.22. The molecule has 0 bridgehead atoms. The lowest BCUT2D eigenvalue weighted by molar-refractivity contribution is -0.143. The number of halogens is 1. The van der Waals surface area contributed by atoms with Crippen LogP contribution in [0.25, 0.3) is 0 Å². The predicted octanol–water partition coefficient (Wildman–Crippen LogP) is 1.73. The largest absolute Gasteiger partial charge is 0.460 e. The summed E-state index contributed by atoms with van der Waals surface area (Å²) < 4.78 is 19.9. The zero-order valence-electron chi connectivity index (χ0n) is 15.5. The van der Waals surface area contributed by atoms with E-state index in [4.69, 9.17) is 15.9 Å². The predicted molar refractivity (Wildman–Crippen MR) is 103 cm³/mol. The molecular formula is C20H23FN4O3. The molecule has 3 N–H and O–H groups in total. The minimum Gasteiger partial charge on any atom is -0.460 e. The quantitative estimate of drug-likeness (QED) is 0.439. The Balaban J connectivity index is 1.60. The van der Waals surface area contributed by atoms with Crippen molar-refractivity contribution in [3.63, 3.8) is 0 Å². The number of benzene rings is 1. The minimum absolute atomic E-state index is 0.102. The van der Waals surface area contributed by atoms with Gasteiger partial charge >= 0.3 is 5.97 Å². The van der Waals surface area contributed by atoms with Gasteiger partial charge in [0.2, 0.25) is 0 Å². The van der Waals surface area contributed by atoms with Crippen molar-refractivity contribution in [1.29, 1.82) is 5.41 Å². The first-order chi connectivity index (χ1) is 13.4. The second-order valence-corrected chi connectivity index (χ2v) is 6.72. The van der Waals surface area contributed by atoms with Crippen LogP contribution >= 0.6 is 0 Å². The van der Waals surface area contributed by atoms with Gasteiger partial charge in [0.15, 0.2) is 11.6 Å². The van der Waals surface area contributed by atoms with E-state index in [1.54, 1.807) is 24.3 Å². The van der Waals surface area contributed by atoms with E-state index in [0.717, 1.165) is 18.8 Å². The number of nitrogens with zero attached hydrogens (tertiary/aromatic N) is 2. The van der Waals surface area contributed by atoms with Gasteiger partial charge < -0.3 is 20.3 Å². The normalized spacial score (nSPS) is 16.8. The van der Waals surface area contributed by atoms with Crippen molar-refractivity contribution < 1.29 is 18.7 Å². The highest BCUT2D eigenvalue weighted by molar-refractivity contribution is 5.94. The Morgan fingerprint density at radius 2 is 1.89 bits per heavy atom. The van der Waals surface area contributed by atoms with E-state index in [2.05, 4.69) is 4.90 Å². The van der Waals surface area contributed by atoms with Crippen molar-refractivity contribution in [1.82, 2.24) is 4.90 Å². The summed E-state index contributed by atoms with van der Waals surface area (Å²) in [4.78, 5) is 27.0. The van der Waals surface area contributed by atoms with Crippen LogP contribution in [0.4, 0.5) is 10.1 Å². The van der Waals surface area contributed by atoms with E-state index in [9.17, 15) is 14.0 Å². The molecule has 28 heavy (non-hydrogen) atoms. The first-order valence-corrected chi connectivity index (χ1v) is 9.11. The summed E-state index contributed by atoms with van der Waals surface area (Å²) in [7, 11) is 0. The second-order valence-electron chi connectivity index (χ2n) is 6.72. The number of esters is 1. The van der Waals surface area contributed by atoms with E-state index < -0.39 is 11.8 Å². The molecule has 1 aliphatic heterocycles. The van der Waals surface area contributed by atoms with Crippen molar-refractivity contribution in [2.45, 2.75) is 19.4 Å². The number of hydrogen-bond acceptors (Lipinski definition) is 6. The van der Waals surface area contributed by atoms with E-state index >= 15 is 0 Å². The molecule has 1 aromatic rings. The van der Waals surface area contributed by atoms with Crippen LogP contribution in [0.5, 0.6) is 0 Å². The van der Waals surface area contributed by atoms with Gasteiger partial charge in [0, 0.05) is 43.9 Å². The molecule has 1 heterocycles. The van der Waals surface area contributed by atoms with E-state index in [1.165, 1.54) is 0 Å². The van der Waals surface area contributed by atoms with Crippen LogP contribution in [0.1, 0.15) is 18.4 Å². The van der Waals surface area contributed by atoms with Crippen LogP contribution in [-0.2, 0) is 20.9 Å². The molecule has 1 aliphatic carbocycles. The summed E-state index contributed by atoms with van der Waals surface area (Å²) in [6.07, 6.45) is 5.47. The topological polar surface area (TPSA) is 99.7 Å². The SMILES string of the molecule is N=C(N)CC(=O)OCc1cccc(N2CCN(C3=CCC(=O)C=C3)CC2)c1F. The van der Waals surface area contributed by atoms with Crippen molar-refractivity contribution >= 4 is 23.3 Å². The molecular weight excluding hydrogens is 363 g/mol. The third-order valence-electron chi connectivity index (χ3n) is 4.72. The maximum Gasteiger partial charge on any atom is 0.313 e. The number of ketones is 1. The number of hydrogen-bond donors (Lipinski definition) is 2. The number of nitrogens with two attached hydrogens (primary N) is 1. The van der Waals surface area contributed by atoms with Crippen molar-refractivity contribution in [3.8, 4) is 0 Å². The molecule has 1 fully saturated rings. The Morgan fingerprint density at radius 3 is 2.54 bits per heavy atom. The molecule has 2 aliphatic rings. The molecule has 7 nitrogen and oxygen atoms in total. The molecule has 0 unspecified atom stereocenters. The van der Waals surface area contributed by atoms with Crippen molar-refractivity contribution in [2.24, 2.45) is 5.73 Å². The molecule has 0 atom stereocenters. The summed E-state index contributed by atoms with van der Waals surface area (Å²) >= 11 is 0. The number of allylic oxidation sites excluding steroid dienone is 3. The molecule has 0 spiro atoms. The van der Waals surface area contributed by atoms with Gasteiger partial charge in [-0.1, -0.05) is 18.2 Å². The molecule has 0 amide bonds. The van der Waals surface area contributed by atoms with Crippen LogP contribution in [0.3, 0.4) is 0 Å². The lowest BCUT2D eigenvalue weighted by Crippen LogP contribution is -2.46. The number of rotatable bonds is 6. The zero-order valence-corrected chi connectivity index (χ0v) is 15.5. The van der Waals surface area contributed by atoms with Gasteiger partial charge in [-0.15, -0.1) is 0 Å². The molecule has 8 heteroatoms. The summed E-state index contributed by atoms with van der Waals surface area (Å²) in [5, 5.41) is 7.09. The Bertz CT molecular complexity index is 842.